The molecule has 0 unspecified atom stereocenters. The predicted molar refractivity (Wildman–Crippen MR) is 79.5 cm³/mol. The Labute approximate surface area is 123 Å². The number of nitriles is 2. The van der Waals surface area contributed by atoms with Crippen LogP contribution in [0, 0.1) is 22.7 Å². The molecule has 21 heavy (non-hydrogen) atoms. The van der Waals surface area contributed by atoms with Crippen molar-refractivity contribution < 1.29 is 4.79 Å². The van der Waals surface area contributed by atoms with Crippen LogP contribution in [-0.2, 0) is 0 Å². The first-order chi connectivity index (χ1) is 10.3. The van der Waals surface area contributed by atoms with Crippen LogP contribution >= 0.6 is 0 Å². The van der Waals surface area contributed by atoms with Crippen molar-refractivity contribution in [3.8, 4) is 12.1 Å². The summed E-state index contributed by atoms with van der Waals surface area (Å²) in [6.07, 6.45) is 0.261. The second-order valence-corrected chi connectivity index (χ2v) is 4.39. The molecule has 0 radical (unpaired) electrons. The minimum Gasteiger partial charge on any atom is -0.307 e. The van der Waals surface area contributed by atoms with Crippen LogP contribution in [0.2, 0.25) is 0 Å². The van der Waals surface area contributed by atoms with Gasteiger partial charge in [0.25, 0.3) is 5.91 Å². The molecule has 0 atom stereocenters. The molecule has 2 aromatic carbocycles. The van der Waals surface area contributed by atoms with Gasteiger partial charge < -0.3 is 4.90 Å². The Hall–Kier alpha value is -3.11. The van der Waals surface area contributed by atoms with E-state index in [0.29, 0.717) is 17.7 Å². The molecule has 4 nitrogen and oxygen atoms in total. The van der Waals surface area contributed by atoms with Gasteiger partial charge in [-0.3, -0.25) is 4.79 Å². The van der Waals surface area contributed by atoms with Gasteiger partial charge >= 0.3 is 0 Å². The van der Waals surface area contributed by atoms with Gasteiger partial charge in [0.2, 0.25) is 0 Å². The number of carbonyl (C=O) groups excluding carboxylic acids is 1. The highest BCUT2D eigenvalue weighted by Gasteiger charge is 2.17. The lowest BCUT2D eigenvalue weighted by Crippen LogP contribution is -2.31. The number of hydrogen-bond acceptors (Lipinski definition) is 3. The summed E-state index contributed by atoms with van der Waals surface area (Å²) in [6, 6.07) is 19.8. The van der Waals surface area contributed by atoms with E-state index in [0.717, 1.165) is 5.69 Å². The third-order valence-electron chi connectivity index (χ3n) is 3.02. The predicted octanol–water partition coefficient (Wildman–Crippen LogP) is 3.12. The highest BCUT2D eigenvalue weighted by atomic mass is 16.2. The zero-order valence-electron chi connectivity index (χ0n) is 11.4. The minimum atomic E-state index is -0.180. The second kappa shape index (κ2) is 6.88. The van der Waals surface area contributed by atoms with Crippen molar-refractivity contribution in [2.45, 2.75) is 6.42 Å². The number of carbonyl (C=O) groups is 1. The van der Waals surface area contributed by atoms with Gasteiger partial charge in [-0.2, -0.15) is 10.5 Å². The van der Waals surface area contributed by atoms with Gasteiger partial charge in [0.05, 0.1) is 24.1 Å². The average Bonchev–Trinajstić information content (AvgIpc) is 2.56. The number of benzene rings is 2. The molecule has 0 fully saturated rings. The first kappa shape index (κ1) is 14.3. The van der Waals surface area contributed by atoms with Crippen LogP contribution in [0.5, 0.6) is 0 Å². The summed E-state index contributed by atoms with van der Waals surface area (Å²) < 4.78 is 0. The van der Waals surface area contributed by atoms with Crippen molar-refractivity contribution in [1.82, 2.24) is 0 Å². The summed E-state index contributed by atoms with van der Waals surface area (Å²) in [6.45, 7) is 0.333. The van der Waals surface area contributed by atoms with E-state index >= 15 is 0 Å². The molecule has 0 aliphatic rings. The number of para-hydroxylation sites is 1. The van der Waals surface area contributed by atoms with Crippen molar-refractivity contribution in [3.05, 3.63) is 65.7 Å². The fourth-order valence-corrected chi connectivity index (χ4v) is 1.96. The molecular weight excluding hydrogens is 262 g/mol. The van der Waals surface area contributed by atoms with Crippen molar-refractivity contribution in [1.29, 1.82) is 10.5 Å². The molecule has 102 valence electrons. The number of anilines is 1. The Morgan fingerprint density at radius 1 is 1.00 bits per heavy atom. The van der Waals surface area contributed by atoms with Crippen LogP contribution in [0.4, 0.5) is 5.69 Å². The maximum Gasteiger partial charge on any atom is 0.258 e. The van der Waals surface area contributed by atoms with E-state index in [1.165, 1.54) is 0 Å². The molecule has 0 heterocycles. The molecule has 0 aromatic heterocycles. The summed E-state index contributed by atoms with van der Waals surface area (Å²) in [5.74, 6) is -0.180. The van der Waals surface area contributed by atoms with E-state index in [1.54, 1.807) is 29.2 Å². The molecular formula is C17H13N3O. The van der Waals surface area contributed by atoms with Crippen molar-refractivity contribution in [2.24, 2.45) is 0 Å². The molecule has 0 saturated carbocycles. The van der Waals surface area contributed by atoms with Crippen molar-refractivity contribution in [3.63, 3.8) is 0 Å². The van der Waals surface area contributed by atoms with Gasteiger partial charge in [-0.25, -0.2) is 0 Å². The quantitative estimate of drug-likeness (QED) is 0.860. The van der Waals surface area contributed by atoms with E-state index in [4.69, 9.17) is 10.5 Å². The van der Waals surface area contributed by atoms with Gasteiger partial charge in [-0.1, -0.05) is 18.2 Å². The Balaban J connectivity index is 2.30. The molecule has 4 heteroatoms. The fourth-order valence-electron chi connectivity index (χ4n) is 1.96. The molecule has 0 aliphatic carbocycles. The molecule has 0 saturated heterocycles. The zero-order chi connectivity index (χ0) is 15.1. The average molecular weight is 275 g/mol. The van der Waals surface area contributed by atoms with E-state index in [1.807, 2.05) is 36.4 Å². The van der Waals surface area contributed by atoms with E-state index < -0.39 is 0 Å². The maximum absolute atomic E-state index is 12.6. The van der Waals surface area contributed by atoms with Gasteiger partial charge in [0, 0.05) is 17.8 Å². The third-order valence-corrected chi connectivity index (χ3v) is 3.02. The summed E-state index contributed by atoms with van der Waals surface area (Å²) >= 11 is 0. The first-order valence-electron chi connectivity index (χ1n) is 6.50. The van der Waals surface area contributed by atoms with Crippen LogP contribution in [0.3, 0.4) is 0 Å². The Morgan fingerprint density at radius 2 is 1.67 bits per heavy atom. The van der Waals surface area contributed by atoms with Gasteiger partial charge in [-0.15, -0.1) is 0 Å². The summed E-state index contributed by atoms with van der Waals surface area (Å²) in [4.78, 5) is 14.2. The molecule has 2 rings (SSSR count). The highest BCUT2D eigenvalue weighted by molar-refractivity contribution is 6.06. The maximum atomic E-state index is 12.6. The van der Waals surface area contributed by atoms with Crippen LogP contribution in [0.25, 0.3) is 0 Å². The van der Waals surface area contributed by atoms with Crippen molar-refractivity contribution in [2.75, 3.05) is 11.4 Å². The lowest BCUT2D eigenvalue weighted by molar-refractivity contribution is 0.0987. The van der Waals surface area contributed by atoms with Crippen molar-refractivity contribution >= 4 is 11.6 Å². The summed E-state index contributed by atoms with van der Waals surface area (Å²) in [5, 5.41) is 17.5. The molecule has 2 aromatic rings. The number of hydrogen-bond donors (Lipinski definition) is 0. The molecule has 0 bridgehead atoms. The highest BCUT2D eigenvalue weighted by Crippen LogP contribution is 2.17. The Kier molecular flexibility index (Phi) is 4.69. The van der Waals surface area contributed by atoms with Gasteiger partial charge in [0.15, 0.2) is 0 Å². The van der Waals surface area contributed by atoms with Gasteiger partial charge in [0.1, 0.15) is 0 Å². The Morgan fingerprint density at radius 3 is 2.24 bits per heavy atom. The normalized spacial score (nSPS) is 9.43. The number of nitrogens with zero attached hydrogens (tertiary/aromatic N) is 3. The van der Waals surface area contributed by atoms with E-state index in [-0.39, 0.29) is 12.3 Å². The molecule has 0 aliphatic heterocycles. The first-order valence-corrected chi connectivity index (χ1v) is 6.50. The standard InChI is InChI=1S/C17H13N3O/c18-11-4-12-20(16-5-2-1-3-6-16)17(21)15-9-7-14(13-19)8-10-15/h1-3,5-10H,4,12H2. The molecule has 0 N–H and O–H groups in total. The summed E-state index contributed by atoms with van der Waals surface area (Å²) in [5.41, 5.74) is 1.76. The Bertz CT molecular complexity index is 694. The number of rotatable bonds is 4. The van der Waals surface area contributed by atoms with Crippen LogP contribution < -0.4 is 4.90 Å². The zero-order valence-corrected chi connectivity index (χ0v) is 11.4. The summed E-state index contributed by atoms with van der Waals surface area (Å²) in [7, 11) is 0. The number of amides is 1. The van der Waals surface area contributed by atoms with Gasteiger partial charge in [-0.05, 0) is 36.4 Å². The minimum absolute atomic E-state index is 0.180. The topological polar surface area (TPSA) is 67.9 Å². The fraction of sp³-hybridized carbons (Fsp3) is 0.118. The van der Waals surface area contributed by atoms with E-state index in [9.17, 15) is 4.79 Å². The smallest absolute Gasteiger partial charge is 0.258 e. The van der Waals surface area contributed by atoms with Crippen LogP contribution in [0.1, 0.15) is 22.3 Å². The third kappa shape index (κ3) is 3.46. The monoisotopic (exact) mass is 275 g/mol. The lowest BCUT2D eigenvalue weighted by Gasteiger charge is -2.21. The van der Waals surface area contributed by atoms with Crippen LogP contribution in [-0.4, -0.2) is 12.5 Å². The molecule has 1 amide bonds. The molecule has 0 spiro atoms. The lowest BCUT2D eigenvalue weighted by atomic mass is 10.1. The second-order valence-electron chi connectivity index (χ2n) is 4.39. The van der Waals surface area contributed by atoms with E-state index in [2.05, 4.69) is 6.07 Å². The largest absolute Gasteiger partial charge is 0.307 e. The SMILES string of the molecule is N#CCCN(C(=O)c1ccc(C#N)cc1)c1ccccc1. The van der Waals surface area contributed by atoms with Crippen LogP contribution in [0.15, 0.2) is 54.6 Å².